The first kappa shape index (κ1) is 15.5. The Kier molecular flexibility index (Phi) is 4.96. The lowest BCUT2D eigenvalue weighted by Crippen LogP contribution is -2.27. The molecular weight excluding hydrogens is 264 g/mol. The Balaban J connectivity index is 2.18. The number of aromatic nitrogens is 3. The number of nitrogens with zero attached hydrogens (tertiary/aromatic N) is 3. The zero-order valence-electron chi connectivity index (χ0n) is 13.3. The molecule has 2 heterocycles. The van der Waals surface area contributed by atoms with E-state index in [4.69, 9.17) is 0 Å². The van der Waals surface area contributed by atoms with Crippen LogP contribution in [0.5, 0.6) is 0 Å². The molecule has 5 heteroatoms. The predicted octanol–water partition coefficient (Wildman–Crippen LogP) is 2.14. The average Bonchev–Trinajstić information content (AvgIpc) is 2.85. The Morgan fingerprint density at radius 1 is 1.33 bits per heavy atom. The normalized spacial score (nSPS) is 11.3. The molecule has 0 saturated heterocycles. The first-order valence-electron chi connectivity index (χ1n) is 7.39. The Morgan fingerprint density at radius 3 is 2.71 bits per heavy atom. The third-order valence-electron chi connectivity index (χ3n) is 3.82. The van der Waals surface area contributed by atoms with E-state index in [2.05, 4.69) is 21.8 Å². The molecule has 5 nitrogen and oxygen atoms in total. The van der Waals surface area contributed by atoms with Gasteiger partial charge in [-0.2, -0.15) is 0 Å². The molecule has 2 rings (SSSR count). The van der Waals surface area contributed by atoms with Crippen LogP contribution in [-0.4, -0.2) is 26.0 Å². The highest BCUT2D eigenvalue weighted by molar-refractivity contribution is 5.23. The van der Waals surface area contributed by atoms with E-state index < -0.39 is 0 Å². The summed E-state index contributed by atoms with van der Waals surface area (Å²) >= 11 is 0. The highest BCUT2D eigenvalue weighted by atomic mass is 16.1. The summed E-state index contributed by atoms with van der Waals surface area (Å²) in [6, 6.07) is 0. The number of imidazole rings is 1. The number of H-pyrrole nitrogens is 1. The van der Waals surface area contributed by atoms with Crippen molar-refractivity contribution >= 4 is 0 Å². The first-order chi connectivity index (χ1) is 10.0. The number of pyridine rings is 1. The van der Waals surface area contributed by atoms with Gasteiger partial charge in [0.15, 0.2) is 5.43 Å². The van der Waals surface area contributed by atoms with Crippen LogP contribution in [0.2, 0.25) is 0 Å². The van der Waals surface area contributed by atoms with Gasteiger partial charge in [0.2, 0.25) is 0 Å². The van der Waals surface area contributed by atoms with Crippen molar-refractivity contribution in [2.75, 3.05) is 6.54 Å². The number of nitrogens with one attached hydrogen (secondary N) is 1. The van der Waals surface area contributed by atoms with Crippen LogP contribution in [0.15, 0.2) is 23.4 Å². The van der Waals surface area contributed by atoms with Gasteiger partial charge in [-0.15, -0.1) is 0 Å². The molecule has 0 bridgehead atoms. The predicted molar refractivity (Wildman–Crippen MR) is 84.1 cm³/mol. The van der Waals surface area contributed by atoms with E-state index >= 15 is 0 Å². The second-order valence-corrected chi connectivity index (χ2v) is 5.57. The lowest BCUT2D eigenvalue weighted by molar-refractivity contribution is 0.245. The molecular formula is C16H24N4O. The third-order valence-corrected chi connectivity index (χ3v) is 3.82. The minimum absolute atomic E-state index is 0.136. The fourth-order valence-corrected chi connectivity index (χ4v) is 2.47. The molecule has 0 fully saturated rings. The smallest absolute Gasteiger partial charge is 0.187 e. The second-order valence-electron chi connectivity index (χ2n) is 5.57. The van der Waals surface area contributed by atoms with Crippen molar-refractivity contribution in [3.05, 3.63) is 51.5 Å². The van der Waals surface area contributed by atoms with Gasteiger partial charge in [-0.1, -0.05) is 6.92 Å². The molecule has 0 amide bonds. The number of aryl methyl sites for hydroxylation is 2. The maximum absolute atomic E-state index is 12.0. The van der Waals surface area contributed by atoms with Crippen LogP contribution in [0.3, 0.4) is 0 Å². The SMILES string of the molecule is CCCN(Cc1[nH]cc(C)c(=O)c1C)Cc1nccn1C. The van der Waals surface area contributed by atoms with Crippen LogP contribution in [0.1, 0.15) is 36.0 Å². The molecule has 0 atom stereocenters. The van der Waals surface area contributed by atoms with Gasteiger partial charge < -0.3 is 9.55 Å². The van der Waals surface area contributed by atoms with Gasteiger partial charge >= 0.3 is 0 Å². The summed E-state index contributed by atoms with van der Waals surface area (Å²) in [5, 5.41) is 0. The van der Waals surface area contributed by atoms with Crippen molar-refractivity contribution in [2.24, 2.45) is 7.05 Å². The van der Waals surface area contributed by atoms with E-state index in [1.807, 2.05) is 37.9 Å². The molecule has 1 N–H and O–H groups in total. The Labute approximate surface area is 125 Å². The summed E-state index contributed by atoms with van der Waals surface area (Å²) in [5.41, 5.74) is 2.71. The van der Waals surface area contributed by atoms with E-state index in [0.29, 0.717) is 0 Å². The average molecular weight is 288 g/mol. The van der Waals surface area contributed by atoms with E-state index in [9.17, 15) is 4.79 Å². The number of hydrogen-bond acceptors (Lipinski definition) is 3. The summed E-state index contributed by atoms with van der Waals surface area (Å²) in [4.78, 5) is 22.0. The molecule has 0 aliphatic heterocycles. The molecule has 0 unspecified atom stereocenters. The molecule has 2 aromatic heterocycles. The highest BCUT2D eigenvalue weighted by Gasteiger charge is 2.12. The van der Waals surface area contributed by atoms with E-state index in [1.54, 1.807) is 6.20 Å². The minimum Gasteiger partial charge on any atom is -0.363 e. The molecule has 0 saturated carbocycles. The summed E-state index contributed by atoms with van der Waals surface area (Å²) in [5.74, 6) is 1.04. The van der Waals surface area contributed by atoms with Crippen molar-refractivity contribution in [1.29, 1.82) is 0 Å². The van der Waals surface area contributed by atoms with Crippen LogP contribution >= 0.6 is 0 Å². The summed E-state index contributed by atoms with van der Waals surface area (Å²) in [6.07, 6.45) is 6.64. The largest absolute Gasteiger partial charge is 0.363 e. The van der Waals surface area contributed by atoms with Crippen LogP contribution < -0.4 is 5.43 Å². The Bertz CT molecular complexity index is 657. The van der Waals surface area contributed by atoms with Crippen molar-refractivity contribution in [2.45, 2.75) is 40.3 Å². The van der Waals surface area contributed by atoms with Crippen LogP contribution in [0.4, 0.5) is 0 Å². The monoisotopic (exact) mass is 288 g/mol. The summed E-state index contributed by atoms with van der Waals surface area (Å²) < 4.78 is 2.04. The maximum Gasteiger partial charge on any atom is 0.187 e. The van der Waals surface area contributed by atoms with Crippen molar-refractivity contribution in [3.63, 3.8) is 0 Å². The first-order valence-corrected chi connectivity index (χ1v) is 7.39. The topological polar surface area (TPSA) is 53.9 Å². The van der Waals surface area contributed by atoms with E-state index in [1.165, 1.54) is 0 Å². The van der Waals surface area contributed by atoms with Gasteiger partial charge in [0.05, 0.1) is 6.54 Å². The molecule has 0 aromatic carbocycles. The molecule has 114 valence electrons. The number of rotatable bonds is 6. The van der Waals surface area contributed by atoms with E-state index in [0.717, 1.165) is 48.7 Å². The van der Waals surface area contributed by atoms with Gasteiger partial charge in [0.25, 0.3) is 0 Å². The maximum atomic E-state index is 12.0. The van der Waals surface area contributed by atoms with Gasteiger partial charge in [0, 0.05) is 49.0 Å². The summed E-state index contributed by atoms with van der Waals surface area (Å²) in [7, 11) is 2.01. The second kappa shape index (κ2) is 6.72. The molecule has 2 aromatic rings. The number of aromatic amines is 1. The van der Waals surface area contributed by atoms with Gasteiger partial charge in [-0.3, -0.25) is 9.69 Å². The fraction of sp³-hybridized carbons (Fsp3) is 0.500. The van der Waals surface area contributed by atoms with Gasteiger partial charge in [-0.25, -0.2) is 4.98 Å². The van der Waals surface area contributed by atoms with Crippen LogP contribution in [0.25, 0.3) is 0 Å². The quantitative estimate of drug-likeness (QED) is 0.886. The van der Waals surface area contributed by atoms with Crippen LogP contribution in [0, 0.1) is 13.8 Å². The van der Waals surface area contributed by atoms with Crippen molar-refractivity contribution in [1.82, 2.24) is 19.4 Å². The zero-order chi connectivity index (χ0) is 15.4. The van der Waals surface area contributed by atoms with Gasteiger partial charge in [-0.05, 0) is 26.8 Å². The lowest BCUT2D eigenvalue weighted by atomic mass is 10.1. The minimum atomic E-state index is 0.136. The van der Waals surface area contributed by atoms with Gasteiger partial charge in [0.1, 0.15) is 5.82 Å². The molecule has 0 aliphatic carbocycles. The standard InChI is InChI=1S/C16H24N4O/c1-5-7-20(11-15-17-6-8-19(15)4)10-14-13(3)16(21)12(2)9-18-14/h6,8-9H,5,7,10-11H2,1-4H3,(H,18,21). The number of hydrogen-bond donors (Lipinski definition) is 1. The molecule has 0 aliphatic rings. The Morgan fingerprint density at radius 2 is 2.10 bits per heavy atom. The van der Waals surface area contributed by atoms with Crippen LogP contribution in [-0.2, 0) is 20.1 Å². The fourth-order valence-electron chi connectivity index (χ4n) is 2.47. The van der Waals surface area contributed by atoms with E-state index in [-0.39, 0.29) is 5.43 Å². The lowest BCUT2D eigenvalue weighted by Gasteiger charge is -2.22. The zero-order valence-corrected chi connectivity index (χ0v) is 13.3. The Hall–Kier alpha value is -1.88. The molecule has 0 radical (unpaired) electrons. The molecule has 21 heavy (non-hydrogen) atoms. The highest BCUT2D eigenvalue weighted by Crippen LogP contribution is 2.09. The van der Waals surface area contributed by atoms with Crippen molar-refractivity contribution in [3.8, 4) is 0 Å². The molecule has 0 spiro atoms. The third kappa shape index (κ3) is 3.61. The summed E-state index contributed by atoms with van der Waals surface area (Å²) in [6.45, 7) is 8.40. The van der Waals surface area contributed by atoms with Crippen molar-refractivity contribution < 1.29 is 0 Å².